The molecule has 1 heterocycles. The summed E-state index contributed by atoms with van der Waals surface area (Å²) >= 11 is 0. The zero-order chi connectivity index (χ0) is 13.8. The molecule has 0 spiro atoms. The summed E-state index contributed by atoms with van der Waals surface area (Å²) in [7, 11) is 0. The lowest BCUT2D eigenvalue weighted by atomic mass is 10.0. The highest BCUT2D eigenvalue weighted by molar-refractivity contribution is 6.02. The molecule has 1 aliphatic rings. The summed E-state index contributed by atoms with van der Waals surface area (Å²) in [5.74, 6) is -0.634. The number of hydrogen-bond donors (Lipinski definition) is 2. The molecule has 0 saturated carbocycles. The predicted molar refractivity (Wildman–Crippen MR) is 64.5 cm³/mol. The number of likely N-dealkylation sites (tertiary alicyclic amines) is 1. The molecule has 6 heteroatoms. The van der Waals surface area contributed by atoms with Crippen molar-refractivity contribution in [3.8, 4) is 0 Å². The first-order valence-electron chi connectivity index (χ1n) is 6.11. The van der Waals surface area contributed by atoms with Crippen LogP contribution in [-0.4, -0.2) is 46.4 Å². The number of carbonyl (C=O) groups excluding carboxylic acids is 3. The highest BCUT2D eigenvalue weighted by atomic mass is 16.3. The van der Waals surface area contributed by atoms with Gasteiger partial charge in [-0.3, -0.25) is 19.3 Å². The van der Waals surface area contributed by atoms with E-state index in [2.05, 4.69) is 5.32 Å². The van der Waals surface area contributed by atoms with E-state index in [-0.39, 0.29) is 50.1 Å². The van der Waals surface area contributed by atoms with E-state index in [1.165, 1.54) is 0 Å². The number of hydrogen-bond acceptors (Lipinski definition) is 4. The molecular formula is C12H20N2O4. The van der Waals surface area contributed by atoms with Gasteiger partial charge in [-0.1, -0.05) is 0 Å². The van der Waals surface area contributed by atoms with Crippen molar-refractivity contribution in [2.24, 2.45) is 0 Å². The summed E-state index contributed by atoms with van der Waals surface area (Å²) in [6.45, 7) is 3.76. The van der Waals surface area contributed by atoms with Gasteiger partial charge in [-0.05, 0) is 20.3 Å². The number of nitrogens with zero attached hydrogens (tertiary/aromatic N) is 1. The molecule has 1 aliphatic heterocycles. The fourth-order valence-corrected chi connectivity index (χ4v) is 1.87. The van der Waals surface area contributed by atoms with Crippen molar-refractivity contribution < 1.29 is 19.5 Å². The number of carbonyl (C=O) groups is 3. The third-order valence-electron chi connectivity index (χ3n) is 2.93. The second-order valence-corrected chi connectivity index (χ2v) is 5.09. The Bertz CT molecular complexity index is 336. The van der Waals surface area contributed by atoms with E-state index in [1.807, 2.05) is 13.8 Å². The van der Waals surface area contributed by atoms with Crippen LogP contribution in [0.5, 0.6) is 0 Å². The molecule has 2 N–H and O–H groups in total. The fraction of sp³-hybridized carbons (Fsp3) is 0.750. The third kappa shape index (κ3) is 4.10. The maximum Gasteiger partial charge on any atom is 0.229 e. The van der Waals surface area contributed by atoms with Crippen LogP contribution < -0.4 is 5.32 Å². The Balaban J connectivity index is 2.37. The molecule has 0 radical (unpaired) electrons. The average molecular weight is 256 g/mol. The zero-order valence-electron chi connectivity index (χ0n) is 10.9. The van der Waals surface area contributed by atoms with Crippen LogP contribution in [0.25, 0.3) is 0 Å². The first-order valence-corrected chi connectivity index (χ1v) is 6.11. The molecule has 18 heavy (non-hydrogen) atoms. The summed E-state index contributed by atoms with van der Waals surface area (Å²) in [6, 6.07) is 0. The van der Waals surface area contributed by atoms with Gasteiger partial charge < -0.3 is 10.4 Å². The van der Waals surface area contributed by atoms with Crippen LogP contribution in [0.1, 0.15) is 39.5 Å². The molecule has 3 amide bonds. The van der Waals surface area contributed by atoms with Gasteiger partial charge in [0.15, 0.2) is 0 Å². The van der Waals surface area contributed by atoms with Crippen molar-refractivity contribution in [2.75, 3.05) is 13.2 Å². The number of amides is 3. The van der Waals surface area contributed by atoms with E-state index >= 15 is 0 Å². The minimum atomic E-state index is -0.481. The van der Waals surface area contributed by atoms with Crippen molar-refractivity contribution in [1.29, 1.82) is 0 Å². The maximum absolute atomic E-state index is 11.7. The van der Waals surface area contributed by atoms with E-state index in [1.54, 1.807) is 0 Å². The van der Waals surface area contributed by atoms with E-state index < -0.39 is 5.54 Å². The van der Waals surface area contributed by atoms with Gasteiger partial charge in [-0.2, -0.15) is 0 Å². The van der Waals surface area contributed by atoms with E-state index in [0.29, 0.717) is 6.42 Å². The quantitative estimate of drug-likeness (QED) is 0.644. The number of imide groups is 1. The molecule has 1 rings (SSSR count). The Morgan fingerprint density at radius 2 is 1.89 bits per heavy atom. The smallest absolute Gasteiger partial charge is 0.229 e. The monoisotopic (exact) mass is 256 g/mol. The molecule has 0 aromatic heterocycles. The topological polar surface area (TPSA) is 86.7 Å². The second kappa shape index (κ2) is 5.95. The van der Waals surface area contributed by atoms with Gasteiger partial charge in [0.05, 0.1) is 0 Å². The van der Waals surface area contributed by atoms with E-state index in [9.17, 15) is 14.4 Å². The largest absolute Gasteiger partial charge is 0.396 e. The standard InChI is InChI=1S/C12H20N2O4/c1-12(2,6-8-15)13-9(16)5-7-14-10(17)3-4-11(14)18/h15H,3-8H2,1-2H3,(H,13,16). The van der Waals surface area contributed by atoms with Gasteiger partial charge in [0.25, 0.3) is 0 Å². The molecule has 0 aromatic carbocycles. The van der Waals surface area contributed by atoms with Gasteiger partial charge in [0.1, 0.15) is 0 Å². The number of aliphatic hydroxyl groups is 1. The minimum absolute atomic E-state index is 0.00359. The van der Waals surface area contributed by atoms with E-state index in [0.717, 1.165) is 4.90 Å². The lowest BCUT2D eigenvalue weighted by Gasteiger charge is -2.25. The zero-order valence-corrected chi connectivity index (χ0v) is 10.9. The van der Waals surface area contributed by atoms with Crippen molar-refractivity contribution in [1.82, 2.24) is 10.2 Å². The van der Waals surface area contributed by atoms with Crippen molar-refractivity contribution >= 4 is 17.7 Å². The first-order chi connectivity index (χ1) is 8.35. The van der Waals surface area contributed by atoms with Crippen molar-refractivity contribution in [3.05, 3.63) is 0 Å². The number of aliphatic hydroxyl groups excluding tert-OH is 1. The second-order valence-electron chi connectivity index (χ2n) is 5.09. The summed E-state index contributed by atoms with van der Waals surface area (Å²) in [5.41, 5.74) is -0.481. The molecule has 0 aliphatic carbocycles. The van der Waals surface area contributed by atoms with Gasteiger partial charge in [0, 0.05) is 38.0 Å². The average Bonchev–Trinajstić information content (AvgIpc) is 2.55. The van der Waals surface area contributed by atoms with Crippen molar-refractivity contribution in [3.63, 3.8) is 0 Å². The van der Waals surface area contributed by atoms with Gasteiger partial charge in [-0.15, -0.1) is 0 Å². The minimum Gasteiger partial charge on any atom is -0.396 e. The first kappa shape index (κ1) is 14.6. The van der Waals surface area contributed by atoms with Crippen LogP contribution in [0.4, 0.5) is 0 Å². The fourth-order valence-electron chi connectivity index (χ4n) is 1.87. The number of nitrogens with one attached hydrogen (secondary N) is 1. The molecule has 1 fully saturated rings. The lowest BCUT2D eigenvalue weighted by molar-refractivity contribution is -0.138. The highest BCUT2D eigenvalue weighted by Crippen LogP contribution is 2.12. The highest BCUT2D eigenvalue weighted by Gasteiger charge is 2.29. The third-order valence-corrected chi connectivity index (χ3v) is 2.93. The molecular weight excluding hydrogens is 236 g/mol. The molecule has 0 aromatic rings. The summed E-state index contributed by atoms with van der Waals surface area (Å²) in [6.07, 6.45) is 1.06. The Labute approximate surface area is 106 Å². The van der Waals surface area contributed by atoms with Crippen LogP contribution in [0.2, 0.25) is 0 Å². The lowest BCUT2D eigenvalue weighted by Crippen LogP contribution is -2.45. The van der Waals surface area contributed by atoms with Gasteiger partial charge >= 0.3 is 0 Å². The summed E-state index contributed by atoms with van der Waals surface area (Å²) in [4.78, 5) is 35.4. The molecule has 102 valence electrons. The Morgan fingerprint density at radius 3 is 2.39 bits per heavy atom. The molecule has 0 atom stereocenters. The van der Waals surface area contributed by atoms with Gasteiger partial charge in [0.2, 0.25) is 17.7 Å². The Kier molecular flexibility index (Phi) is 4.84. The van der Waals surface area contributed by atoms with Crippen molar-refractivity contribution in [2.45, 2.75) is 45.1 Å². The molecule has 1 saturated heterocycles. The molecule has 0 unspecified atom stereocenters. The summed E-state index contributed by atoms with van der Waals surface area (Å²) in [5, 5.41) is 11.6. The van der Waals surface area contributed by atoms with Crippen LogP contribution in [0, 0.1) is 0 Å². The summed E-state index contributed by atoms with van der Waals surface area (Å²) < 4.78 is 0. The maximum atomic E-state index is 11.7. The van der Waals surface area contributed by atoms with Gasteiger partial charge in [-0.25, -0.2) is 0 Å². The number of rotatable bonds is 6. The van der Waals surface area contributed by atoms with Crippen LogP contribution in [0.15, 0.2) is 0 Å². The van der Waals surface area contributed by atoms with Crippen LogP contribution in [-0.2, 0) is 14.4 Å². The molecule has 6 nitrogen and oxygen atoms in total. The predicted octanol–water partition coefficient (Wildman–Crippen LogP) is -0.197. The van der Waals surface area contributed by atoms with Crippen LogP contribution >= 0.6 is 0 Å². The Morgan fingerprint density at radius 1 is 1.33 bits per heavy atom. The SMILES string of the molecule is CC(C)(CCO)NC(=O)CCN1C(=O)CCC1=O. The Hall–Kier alpha value is -1.43. The normalized spacial score (nSPS) is 16.3. The van der Waals surface area contributed by atoms with E-state index in [4.69, 9.17) is 5.11 Å². The molecule has 0 bridgehead atoms. The van der Waals surface area contributed by atoms with Crippen LogP contribution in [0.3, 0.4) is 0 Å².